The third-order valence-corrected chi connectivity index (χ3v) is 7.08. The van der Waals surface area contributed by atoms with E-state index >= 15 is 0 Å². The number of alkyl halides is 2. The van der Waals surface area contributed by atoms with Gasteiger partial charge in [-0.05, 0) is 50.2 Å². The van der Waals surface area contributed by atoms with Gasteiger partial charge in [0.25, 0.3) is 18.2 Å². The van der Waals surface area contributed by atoms with Gasteiger partial charge in [0.05, 0.1) is 11.8 Å². The molecule has 0 bridgehead atoms. The maximum atomic E-state index is 13.6. The van der Waals surface area contributed by atoms with Gasteiger partial charge in [-0.25, -0.2) is 18.3 Å². The minimum atomic E-state index is -2.74. The number of nitrogens with one attached hydrogen (secondary N) is 1. The number of amides is 2. The van der Waals surface area contributed by atoms with Crippen molar-refractivity contribution in [1.82, 2.24) is 14.6 Å². The van der Waals surface area contributed by atoms with Gasteiger partial charge in [-0.1, -0.05) is 6.42 Å². The van der Waals surface area contributed by atoms with Crippen LogP contribution in [0, 0.1) is 0 Å². The zero-order valence-electron chi connectivity index (χ0n) is 16.7. The van der Waals surface area contributed by atoms with E-state index in [2.05, 4.69) is 15.4 Å². The maximum absolute atomic E-state index is 13.6. The summed E-state index contributed by atoms with van der Waals surface area (Å²) in [7, 11) is 0. The van der Waals surface area contributed by atoms with E-state index in [9.17, 15) is 18.4 Å². The second-order valence-corrected chi connectivity index (χ2v) is 9.17. The third-order valence-electron chi connectivity index (χ3n) is 5.88. The molecule has 10 heteroatoms. The number of nitrogens with two attached hydrogens (primary N) is 1. The number of primary amides is 1. The second kappa shape index (κ2) is 7.67. The SMILES string of the molecule is NC(=O)c1c(NC(=O)c2cnn3c(C(F)F)cc(C4CC4)nc23)sc2c1CCCCC2. The number of rotatable bonds is 5. The van der Waals surface area contributed by atoms with Gasteiger partial charge in [-0.2, -0.15) is 5.10 Å². The Kier molecular flexibility index (Phi) is 4.96. The monoisotopic (exact) mass is 445 g/mol. The molecule has 3 N–H and O–H groups in total. The Morgan fingerprint density at radius 1 is 1.23 bits per heavy atom. The van der Waals surface area contributed by atoms with E-state index in [1.54, 1.807) is 0 Å². The molecule has 0 spiro atoms. The molecule has 1 fully saturated rings. The average Bonchev–Trinajstić information content (AvgIpc) is 3.45. The lowest BCUT2D eigenvalue weighted by Crippen LogP contribution is -2.18. The van der Waals surface area contributed by atoms with E-state index in [1.807, 2.05) is 0 Å². The van der Waals surface area contributed by atoms with Gasteiger partial charge in [0.2, 0.25) is 0 Å². The molecule has 31 heavy (non-hydrogen) atoms. The number of carbonyl (C=O) groups excluding carboxylic acids is 2. The highest BCUT2D eigenvalue weighted by Crippen LogP contribution is 2.41. The van der Waals surface area contributed by atoms with Crippen LogP contribution >= 0.6 is 11.3 Å². The maximum Gasteiger partial charge on any atom is 0.280 e. The van der Waals surface area contributed by atoms with Crippen molar-refractivity contribution in [1.29, 1.82) is 0 Å². The molecule has 3 aromatic heterocycles. The van der Waals surface area contributed by atoms with E-state index in [0.717, 1.165) is 59.9 Å². The van der Waals surface area contributed by atoms with E-state index in [0.29, 0.717) is 16.3 Å². The van der Waals surface area contributed by atoms with Gasteiger partial charge < -0.3 is 11.1 Å². The molecule has 5 rings (SSSR count). The molecular formula is C21H21F2N5O2S. The fourth-order valence-corrected chi connectivity index (χ4v) is 5.46. The van der Waals surface area contributed by atoms with Crippen molar-refractivity contribution in [2.45, 2.75) is 57.3 Å². The standard InChI is InChI=1S/C21H21F2N5O2S/c22-17(23)14-8-13(10-6-7-10)26-19-12(9-25-28(14)19)20(30)27-21-16(18(24)29)11-4-2-1-3-5-15(11)31-21/h8-10,17H,1-7H2,(H2,24,29)(H,27,30). The van der Waals surface area contributed by atoms with Crippen LogP contribution < -0.4 is 11.1 Å². The Labute approximate surface area is 180 Å². The first kappa shape index (κ1) is 20.0. The zero-order chi connectivity index (χ0) is 21.7. The van der Waals surface area contributed by atoms with E-state index in [4.69, 9.17) is 5.73 Å². The van der Waals surface area contributed by atoms with Crippen LogP contribution in [-0.2, 0) is 12.8 Å². The largest absolute Gasteiger partial charge is 0.365 e. The summed E-state index contributed by atoms with van der Waals surface area (Å²) in [6, 6.07) is 1.37. The summed E-state index contributed by atoms with van der Waals surface area (Å²) < 4.78 is 28.2. The smallest absolute Gasteiger partial charge is 0.280 e. The predicted molar refractivity (Wildman–Crippen MR) is 112 cm³/mol. The Morgan fingerprint density at radius 2 is 2.00 bits per heavy atom. The fourth-order valence-electron chi connectivity index (χ4n) is 4.17. The first-order chi connectivity index (χ1) is 14.9. The average molecular weight is 445 g/mol. The minimum Gasteiger partial charge on any atom is -0.365 e. The van der Waals surface area contributed by atoms with Crippen molar-refractivity contribution in [2.75, 3.05) is 5.32 Å². The van der Waals surface area contributed by atoms with Crippen molar-refractivity contribution in [2.24, 2.45) is 5.73 Å². The lowest BCUT2D eigenvalue weighted by atomic mass is 10.1. The molecule has 1 saturated carbocycles. The summed E-state index contributed by atoms with van der Waals surface area (Å²) in [6.45, 7) is 0. The number of carbonyl (C=O) groups is 2. The summed E-state index contributed by atoms with van der Waals surface area (Å²) in [5.41, 5.74) is 7.35. The third kappa shape index (κ3) is 3.58. The number of hydrogen-bond acceptors (Lipinski definition) is 5. The number of nitrogens with zero attached hydrogens (tertiary/aromatic N) is 3. The predicted octanol–water partition coefficient (Wildman–Crippen LogP) is 4.23. The molecule has 162 valence electrons. The quantitative estimate of drug-likeness (QED) is 0.574. The van der Waals surface area contributed by atoms with Crippen LogP contribution in [0.15, 0.2) is 12.3 Å². The summed E-state index contributed by atoms with van der Waals surface area (Å²) >= 11 is 1.36. The number of aryl methyl sites for hydroxylation is 1. The molecule has 0 radical (unpaired) electrons. The topological polar surface area (TPSA) is 102 Å². The van der Waals surface area contributed by atoms with Crippen LogP contribution in [-0.4, -0.2) is 26.4 Å². The highest BCUT2D eigenvalue weighted by Gasteiger charge is 2.30. The van der Waals surface area contributed by atoms with Crippen molar-refractivity contribution in [3.63, 3.8) is 0 Å². The van der Waals surface area contributed by atoms with Crippen LogP contribution in [0.25, 0.3) is 5.65 Å². The van der Waals surface area contributed by atoms with Gasteiger partial charge in [0.1, 0.15) is 16.3 Å². The van der Waals surface area contributed by atoms with Crippen molar-refractivity contribution >= 4 is 33.8 Å². The molecule has 0 unspecified atom stereocenters. The van der Waals surface area contributed by atoms with Crippen LogP contribution in [0.2, 0.25) is 0 Å². The van der Waals surface area contributed by atoms with Crippen LogP contribution in [0.5, 0.6) is 0 Å². The molecule has 2 aliphatic rings. The van der Waals surface area contributed by atoms with Crippen LogP contribution in [0.3, 0.4) is 0 Å². The second-order valence-electron chi connectivity index (χ2n) is 8.06. The van der Waals surface area contributed by atoms with Crippen LogP contribution in [0.4, 0.5) is 13.8 Å². The van der Waals surface area contributed by atoms with Crippen molar-refractivity contribution in [3.05, 3.63) is 45.2 Å². The number of halogens is 2. The lowest BCUT2D eigenvalue weighted by molar-refractivity contribution is 0.100. The first-order valence-electron chi connectivity index (χ1n) is 10.4. The summed E-state index contributed by atoms with van der Waals surface area (Å²) in [6.07, 6.45) is 4.96. The summed E-state index contributed by atoms with van der Waals surface area (Å²) in [4.78, 5) is 30.8. The van der Waals surface area contributed by atoms with Crippen LogP contribution in [0.1, 0.15) is 87.0 Å². The molecule has 7 nitrogen and oxygen atoms in total. The normalized spacial score (nSPS) is 16.4. The molecule has 0 aromatic carbocycles. The van der Waals surface area contributed by atoms with E-state index < -0.39 is 18.2 Å². The molecule has 0 saturated heterocycles. The van der Waals surface area contributed by atoms with Gasteiger partial charge >= 0.3 is 0 Å². The van der Waals surface area contributed by atoms with Gasteiger partial charge in [-0.3, -0.25) is 9.59 Å². The van der Waals surface area contributed by atoms with Gasteiger partial charge in [0.15, 0.2) is 5.65 Å². The summed E-state index contributed by atoms with van der Waals surface area (Å²) in [5.74, 6) is -0.985. The fraction of sp³-hybridized carbons (Fsp3) is 0.429. The van der Waals surface area contributed by atoms with E-state index in [-0.39, 0.29) is 22.8 Å². The van der Waals surface area contributed by atoms with Gasteiger partial charge in [-0.15, -0.1) is 11.3 Å². The van der Waals surface area contributed by atoms with Crippen molar-refractivity contribution in [3.8, 4) is 0 Å². The Morgan fingerprint density at radius 3 is 2.71 bits per heavy atom. The van der Waals surface area contributed by atoms with E-state index in [1.165, 1.54) is 23.6 Å². The Bertz CT molecular complexity index is 1200. The molecule has 0 aliphatic heterocycles. The Balaban J connectivity index is 1.54. The van der Waals surface area contributed by atoms with Crippen molar-refractivity contribution < 1.29 is 18.4 Å². The Hall–Kier alpha value is -2.88. The lowest BCUT2D eigenvalue weighted by Gasteiger charge is -2.08. The number of hydrogen-bond donors (Lipinski definition) is 2. The highest BCUT2D eigenvalue weighted by molar-refractivity contribution is 7.17. The minimum absolute atomic E-state index is 0.0865. The molecular weight excluding hydrogens is 424 g/mol. The van der Waals surface area contributed by atoms with Gasteiger partial charge in [0, 0.05) is 16.5 Å². The summed E-state index contributed by atoms with van der Waals surface area (Å²) in [5, 5.41) is 7.16. The molecule has 3 aromatic rings. The zero-order valence-corrected chi connectivity index (χ0v) is 17.5. The number of thiophene rings is 1. The molecule has 2 amide bonds. The first-order valence-corrected chi connectivity index (χ1v) is 11.2. The highest BCUT2D eigenvalue weighted by atomic mass is 32.1. The number of aromatic nitrogens is 3. The molecule has 3 heterocycles. The number of fused-ring (bicyclic) bond motifs is 2. The number of anilines is 1. The molecule has 0 atom stereocenters. The molecule has 2 aliphatic carbocycles.